The van der Waals surface area contributed by atoms with Gasteiger partial charge in [-0.15, -0.1) is 0 Å². The second kappa shape index (κ2) is 6.82. The zero-order valence-electron chi connectivity index (χ0n) is 16.6. The predicted octanol–water partition coefficient (Wildman–Crippen LogP) is 2.35. The molecule has 2 fully saturated rings. The molecule has 2 aromatic heterocycles. The van der Waals surface area contributed by atoms with E-state index in [1.54, 1.807) is 10.8 Å². The Morgan fingerprint density at radius 2 is 2.10 bits per heavy atom. The zero-order chi connectivity index (χ0) is 21.0. The summed E-state index contributed by atoms with van der Waals surface area (Å²) in [5.41, 5.74) is 1.23. The average Bonchev–Trinajstić information content (AvgIpc) is 3.26. The maximum absolute atomic E-state index is 15.1. The summed E-state index contributed by atoms with van der Waals surface area (Å²) in [6, 6.07) is 3.76. The molecule has 0 radical (unpaired) electrons. The van der Waals surface area contributed by atoms with Crippen molar-refractivity contribution in [2.75, 3.05) is 26.7 Å². The molecule has 0 bridgehead atoms. The Morgan fingerprint density at radius 1 is 1.33 bits per heavy atom. The van der Waals surface area contributed by atoms with Crippen LogP contribution >= 0.6 is 0 Å². The van der Waals surface area contributed by atoms with Gasteiger partial charge in [0.05, 0.1) is 18.2 Å². The monoisotopic (exact) mass is 413 g/mol. The number of aromatic nitrogens is 3. The SMILES string of the molecule is CNC(=O)c1cc(F)c(-c2nc3cc(C)cnc3n2[C@H]2CC23CNCCO3)c(F)c1. The average molecular weight is 413 g/mol. The molecular weight excluding hydrogens is 392 g/mol. The third-order valence-corrected chi connectivity index (χ3v) is 5.81. The van der Waals surface area contributed by atoms with Crippen molar-refractivity contribution in [2.45, 2.75) is 25.0 Å². The van der Waals surface area contributed by atoms with Gasteiger partial charge in [-0.3, -0.25) is 4.79 Å². The van der Waals surface area contributed by atoms with Crippen molar-refractivity contribution < 1.29 is 18.3 Å². The highest BCUT2D eigenvalue weighted by Gasteiger charge is 2.59. The summed E-state index contributed by atoms with van der Waals surface area (Å²) >= 11 is 0. The van der Waals surface area contributed by atoms with Gasteiger partial charge in [0.25, 0.3) is 5.91 Å². The zero-order valence-corrected chi connectivity index (χ0v) is 16.6. The minimum Gasteiger partial charge on any atom is -0.370 e. The van der Waals surface area contributed by atoms with Gasteiger partial charge < -0.3 is 19.9 Å². The van der Waals surface area contributed by atoms with Crippen LogP contribution in [0.5, 0.6) is 0 Å². The van der Waals surface area contributed by atoms with E-state index in [1.807, 2.05) is 13.0 Å². The van der Waals surface area contributed by atoms with E-state index in [4.69, 9.17) is 4.74 Å². The smallest absolute Gasteiger partial charge is 0.251 e. The van der Waals surface area contributed by atoms with E-state index in [1.165, 1.54) is 7.05 Å². The largest absolute Gasteiger partial charge is 0.370 e. The Bertz CT molecular complexity index is 1150. The number of fused-ring (bicyclic) bond motifs is 1. The minimum absolute atomic E-state index is 0.0874. The number of rotatable bonds is 3. The van der Waals surface area contributed by atoms with Crippen molar-refractivity contribution in [2.24, 2.45) is 0 Å². The molecule has 2 N–H and O–H groups in total. The molecule has 3 aromatic rings. The highest BCUT2D eigenvalue weighted by Crippen LogP contribution is 2.53. The van der Waals surface area contributed by atoms with Crippen LogP contribution in [-0.4, -0.2) is 52.8 Å². The normalized spacial score (nSPS) is 23.1. The van der Waals surface area contributed by atoms with Gasteiger partial charge in [0.2, 0.25) is 0 Å². The molecule has 2 atom stereocenters. The second-order valence-electron chi connectivity index (χ2n) is 7.86. The van der Waals surface area contributed by atoms with Crippen molar-refractivity contribution in [3.05, 3.63) is 47.2 Å². The Morgan fingerprint density at radius 3 is 2.77 bits per heavy atom. The number of carbonyl (C=O) groups is 1. The molecule has 30 heavy (non-hydrogen) atoms. The number of benzene rings is 1. The lowest BCUT2D eigenvalue weighted by Crippen LogP contribution is -2.41. The lowest BCUT2D eigenvalue weighted by Gasteiger charge is -2.25. The number of pyridine rings is 1. The van der Waals surface area contributed by atoms with Crippen LogP contribution in [0.15, 0.2) is 24.4 Å². The lowest BCUT2D eigenvalue weighted by molar-refractivity contribution is -0.00103. The van der Waals surface area contributed by atoms with E-state index < -0.39 is 23.1 Å². The number of halogens is 2. The standard InChI is InChI=1S/C21H21F2N5O2/c1-11-5-15-18(26-9-11)28(16-8-21(16)10-25-3-4-30-21)19(27-15)17-13(22)6-12(7-14(17)23)20(29)24-2/h5-7,9,16,25H,3-4,8,10H2,1-2H3,(H,24,29)/t16-,21?/m0/s1. The first-order chi connectivity index (χ1) is 14.4. The van der Waals surface area contributed by atoms with Crippen molar-refractivity contribution in [3.8, 4) is 11.4 Å². The number of nitrogens with zero attached hydrogens (tertiary/aromatic N) is 3. The van der Waals surface area contributed by atoms with Gasteiger partial charge in [-0.2, -0.15) is 0 Å². The fourth-order valence-corrected chi connectivity index (χ4v) is 4.23. The Labute approximate surface area is 171 Å². The predicted molar refractivity (Wildman–Crippen MR) is 106 cm³/mol. The molecule has 5 rings (SSSR count). The maximum Gasteiger partial charge on any atom is 0.251 e. The van der Waals surface area contributed by atoms with E-state index in [-0.39, 0.29) is 23.0 Å². The molecule has 1 aliphatic carbocycles. The summed E-state index contributed by atoms with van der Waals surface area (Å²) in [5.74, 6) is -2.11. The number of carbonyl (C=O) groups excluding carboxylic acids is 1. The summed E-state index contributed by atoms with van der Waals surface area (Å²) in [4.78, 5) is 20.9. The molecule has 1 aromatic carbocycles. The van der Waals surface area contributed by atoms with Crippen molar-refractivity contribution in [1.82, 2.24) is 25.2 Å². The van der Waals surface area contributed by atoms with Crippen molar-refractivity contribution in [1.29, 1.82) is 0 Å². The van der Waals surface area contributed by atoms with Crippen LogP contribution in [0.4, 0.5) is 8.78 Å². The molecule has 1 saturated carbocycles. The third-order valence-electron chi connectivity index (χ3n) is 5.81. The first-order valence-corrected chi connectivity index (χ1v) is 9.84. The first kappa shape index (κ1) is 19.1. The van der Waals surface area contributed by atoms with E-state index in [0.29, 0.717) is 30.7 Å². The van der Waals surface area contributed by atoms with E-state index in [9.17, 15) is 4.79 Å². The highest BCUT2D eigenvalue weighted by atomic mass is 19.1. The molecular formula is C21H21F2N5O2. The van der Waals surface area contributed by atoms with Gasteiger partial charge in [-0.05, 0) is 30.7 Å². The van der Waals surface area contributed by atoms with Crippen LogP contribution < -0.4 is 10.6 Å². The second-order valence-corrected chi connectivity index (χ2v) is 7.86. The topological polar surface area (TPSA) is 81.1 Å². The summed E-state index contributed by atoms with van der Waals surface area (Å²) in [5, 5.41) is 5.70. The van der Waals surface area contributed by atoms with Gasteiger partial charge in [0.1, 0.15) is 28.6 Å². The van der Waals surface area contributed by atoms with Crippen LogP contribution in [0, 0.1) is 18.6 Å². The Kier molecular flexibility index (Phi) is 4.33. The van der Waals surface area contributed by atoms with E-state index in [2.05, 4.69) is 20.6 Å². The molecule has 1 aliphatic heterocycles. The summed E-state index contributed by atoms with van der Waals surface area (Å²) in [7, 11) is 1.41. The fraction of sp³-hybridized carbons (Fsp3) is 0.381. The first-order valence-electron chi connectivity index (χ1n) is 9.84. The van der Waals surface area contributed by atoms with Gasteiger partial charge in [0.15, 0.2) is 5.65 Å². The maximum atomic E-state index is 15.1. The molecule has 156 valence electrons. The van der Waals surface area contributed by atoms with Crippen LogP contribution in [0.1, 0.15) is 28.4 Å². The molecule has 3 heterocycles. The molecule has 1 saturated heterocycles. The van der Waals surface area contributed by atoms with Gasteiger partial charge in [0, 0.05) is 38.3 Å². The number of hydrogen-bond donors (Lipinski definition) is 2. The van der Waals surface area contributed by atoms with Gasteiger partial charge in [-0.25, -0.2) is 18.7 Å². The number of hydrogen-bond acceptors (Lipinski definition) is 5. The van der Waals surface area contributed by atoms with Crippen molar-refractivity contribution in [3.63, 3.8) is 0 Å². The van der Waals surface area contributed by atoms with Crippen molar-refractivity contribution >= 4 is 17.1 Å². The minimum atomic E-state index is -0.848. The van der Waals surface area contributed by atoms with Crippen LogP contribution in [-0.2, 0) is 4.74 Å². The van der Waals surface area contributed by atoms with Crippen LogP contribution in [0.25, 0.3) is 22.6 Å². The molecule has 1 spiro atoms. The molecule has 1 amide bonds. The summed E-state index contributed by atoms with van der Waals surface area (Å²) in [6.45, 7) is 3.89. The van der Waals surface area contributed by atoms with Crippen LogP contribution in [0.2, 0.25) is 0 Å². The molecule has 7 nitrogen and oxygen atoms in total. The third kappa shape index (κ3) is 2.88. The van der Waals surface area contributed by atoms with Crippen LogP contribution in [0.3, 0.4) is 0 Å². The number of ether oxygens (including phenoxy) is 1. The summed E-state index contributed by atoms with van der Waals surface area (Å²) < 4.78 is 37.9. The van der Waals surface area contributed by atoms with Gasteiger partial charge in [-0.1, -0.05) is 0 Å². The number of morpholine rings is 1. The quantitative estimate of drug-likeness (QED) is 0.689. The highest BCUT2D eigenvalue weighted by molar-refractivity contribution is 5.94. The summed E-state index contributed by atoms with van der Waals surface area (Å²) in [6.07, 6.45) is 2.41. The number of amides is 1. The fourth-order valence-electron chi connectivity index (χ4n) is 4.23. The number of imidazole rings is 1. The molecule has 9 heteroatoms. The lowest BCUT2D eigenvalue weighted by atomic mass is 10.1. The Balaban J connectivity index is 1.69. The van der Waals surface area contributed by atoms with E-state index >= 15 is 8.78 Å². The molecule has 1 unspecified atom stereocenters. The molecule has 2 aliphatic rings. The Hall–Kier alpha value is -2.91. The number of aryl methyl sites for hydroxylation is 1. The van der Waals surface area contributed by atoms with E-state index in [0.717, 1.165) is 24.2 Å². The number of nitrogens with one attached hydrogen (secondary N) is 2. The van der Waals surface area contributed by atoms with Gasteiger partial charge >= 0.3 is 0 Å².